The second kappa shape index (κ2) is 7.01. The highest BCUT2D eigenvalue weighted by Crippen LogP contribution is 2.24. The third-order valence-corrected chi connectivity index (χ3v) is 4.02. The smallest absolute Gasteiger partial charge is 0.260 e. The average Bonchev–Trinajstić information content (AvgIpc) is 2.43. The first-order valence-electron chi connectivity index (χ1n) is 7.36. The molecule has 0 radical (unpaired) electrons. The van der Waals surface area contributed by atoms with Crippen LogP contribution in [0.15, 0.2) is 18.2 Å². The Bertz CT molecular complexity index is 567. The molecule has 2 atom stereocenters. The van der Waals surface area contributed by atoms with Crippen LogP contribution in [0.2, 0.25) is 5.02 Å². The molecule has 0 aliphatic carbocycles. The normalized spacial score (nSPS) is 21.5. The Kier molecular flexibility index (Phi) is 5.29. The average molecular weight is 325 g/mol. The number of primary amides is 1. The van der Waals surface area contributed by atoms with E-state index in [1.165, 1.54) is 12.1 Å². The van der Waals surface area contributed by atoms with Crippen LogP contribution in [-0.4, -0.2) is 36.4 Å². The van der Waals surface area contributed by atoms with Gasteiger partial charge >= 0.3 is 0 Å². The lowest BCUT2D eigenvalue weighted by atomic mass is 9.92. The van der Waals surface area contributed by atoms with Gasteiger partial charge in [-0.2, -0.15) is 0 Å². The summed E-state index contributed by atoms with van der Waals surface area (Å²) in [6, 6.07) is 4.55. The van der Waals surface area contributed by atoms with Gasteiger partial charge in [0, 0.05) is 18.1 Å². The predicted molar refractivity (Wildman–Crippen MR) is 85.0 cm³/mol. The van der Waals surface area contributed by atoms with E-state index in [1.54, 1.807) is 6.07 Å². The fourth-order valence-corrected chi connectivity index (χ4v) is 3.08. The Hall–Kier alpha value is -1.75. The lowest BCUT2D eigenvalue weighted by Gasteiger charge is -2.34. The first kappa shape index (κ1) is 16.6. The van der Waals surface area contributed by atoms with Gasteiger partial charge in [-0.25, -0.2) is 0 Å². The molecule has 2 rings (SSSR count). The van der Waals surface area contributed by atoms with Crippen molar-refractivity contribution in [1.29, 1.82) is 0 Å². The number of rotatable bonds is 4. The second-order valence-electron chi connectivity index (χ2n) is 6.04. The van der Waals surface area contributed by atoms with Crippen LogP contribution in [0.4, 0.5) is 0 Å². The van der Waals surface area contributed by atoms with Gasteiger partial charge in [-0.1, -0.05) is 25.4 Å². The Labute approximate surface area is 135 Å². The van der Waals surface area contributed by atoms with E-state index in [2.05, 4.69) is 13.8 Å². The van der Waals surface area contributed by atoms with Crippen LogP contribution >= 0.6 is 11.6 Å². The SMILES string of the molecule is C[C@@H]1C[C@@H](C)CN(C(=O)COc2cc(Cl)ccc2C(N)=O)C1. The van der Waals surface area contributed by atoms with Gasteiger partial charge in [0.15, 0.2) is 6.61 Å². The van der Waals surface area contributed by atoms with Gasteiger partial charge in [-0.3, -0.25) is 9.59 Å². The first-order valence-corrected chi connectivity index (χ1v) is 7.74. The molecule has 2 amide bonds. The third kappa shape index (κ3) is 4.13. The Morgan fingerprint density at radius 2 is 1.95 bits per heavy atom. The Morgan fingerprint density at radius 1 is 1.32 bits per heavy atom. The fourth-order valence-electron chi connectivity index (χ4n) is 2.92. The van der Waals surface area contributed by atoms with E-state index in [-0.39, 0.29) is 23.8 Å². The number of piperidine rings is 1. The van der Waals surface area contributed by atoms with Gasteiger partial charge in [0.1, 0.15) is 5.75 Å². The molecule has 1 fully saturated rings. The van der Waals surface area contributed by atoms with Crippen molar-refractivity contribution in [2.75, 3.05) is 19.7 Å². The number of benzene rings is 1. The van der Waals surface area contributed by atoms with Gasteiger partial charge in [0.2, 0.25) is 0 Å². The number of halogens is 1. The van der Waals surface area contributed by atoms with Crippen LogP contribution in [0.5, 0.6) is 5.75 Å². The van der Waals surface area contributed by atoms with Crippen molar-refractivity contribution in [3.8, 4) is 5.75 Å². The van der Waals surface area contributed by atoms with E-state index in [1.807, 2.05) is 4.90 Å². The minimum absolute atomic E-state index is 0.0891. The maximum Gasteiger partial charge on any atom is 0.260 e. The molecule has 6 heteroatoms. The van der Waals surface area contributed by atoms with Gasteiger partial charge in [-0.05, 0) is 36.5 Å². The number of carbonyl (C=O) groups excluding carboxylic acids is 2. The van der Waals surface area contributed by atoms with Crippen molar-refractivity contribution in [2.45, 2.75) is 20.3 Å². The summed E-state index contributed by atoms with van der Waals surface area (Å²) in [4.78, 5) is 25.5. The highest BCUT2D eigenvalue weighted by atomic mass is 35.5. The molecular weight excluding hydrogens is 304 g/mol. The van der Waals surface area contributed by atoms with Crippen LogP contribution in [0.3, 0.4) is 0 Å². The van der Waals surface area contributed by atoms with Gasteiger partial charge in [0.05, 0.1) is 5.56 Å². The molecule has 0 spiro atoms. The molecule has 0 aromatic heterocycles. The molecule has 0 unspecified atom stereocenters. The lowest BCUT2D eigenvalue weighted by Crippen LogP contribution is -2.44. The van der Waals surface area contributed by atoms with E-state index in [0.29, 0.717) is 16.9 Å². The third-order valence-electron chi connectivity index (χ3n) is 3.78. The number of hydrogen-bond donors (Lipinski definition) is 1. The molecule has 0 saturated carbocycles. The summed E-state index contributed by atoms with van der Waals surface area (Å²) in [6.07, 6.45) is 1.13. The van der Waals surface area contributed by atoms with Gasteiger partial charge < -0.3 is 15.4 Å². The summed E-state index contributed by atoms with van der Waals surface area (Å²) >= 11 is 5.90. The number of ether oxygens (including phenoxy) is 1. The fraction of sp³-hybridized carbons (Fsp3) is 0.500. The topological polar surface area (TPSA) is 72.6 Å². The highest BCUT2D eigenvalue weighted by Gasteiger charge is 2.25. The number of nitrogens with two attached hydrogens (primary N) is 1. The zero-order valence-corrected chi connectivity index (χ0v) is 13.6. The van der Waals surface area contributed by atoms with Crippen molar-refractivity contribution >= 4 is 23.4 Å². The minimum atomic E-state index is -0.612. The summed E-state index contributed by atoms with van der Waals surface area (Å²) in [5.41, 5.74) is 5.51. The van der Waals surface area contributed by atoms with Crippen LogP contribution in [0.25, 0.3) is 0 Å². The minimum Gasteiger partial charge on any atom is -0.483 e. The summed E-state index contributed by atoms with van der Waals surface area (Å²) in [6.45, 7) is 5.63. The zero-order chi connectivity index (χ0) is 16.3. The molecule has 1 saturated heterocycles. The molecular formula is C16H21ClN2O3. The number of likely N-dealkylation sites (tertiary alicyclic amines) is 1. The maximum atomic E-state index is 12.3. The quantitative estimate of drug-likeness (QED) is 0.923. The summed E-state index contributed by atoms with van der Waals surface area (Å²) in [5, 5.41) is 0.424. The highest BCUT2D eigenvalue weighted by molar-refractivity contribution is 6.30. The summed E-state index contributed by atoms with van der Waals surface area (Å²) in [7, 11) is 0. The monoisotopic (exact) mass is 324 g/mol. The van der Waals surface area contributed by atoms with Crippen LogP contribution in [-0.2, 0) is 4.79 Å². The predicted octanol–water partition coefficient (Wildman–Crippen LogP) is 2.32. The van der Waals surface area contributed by atoms with Crippen molar-refractivity contribution < 1.29 is 14.3 Å². The van der Waals surface area contributed by atoms with Gasteiger partial charge in [0.25, 0.3) is 11.8 Å². The molecule has 1 aliphatic heterocycles. The van der Waals surface area contributed by atoms with E-state index in [9.17, 15) is 9.59 Å². The molecule has 1 aromatic rings. The zero-order valence-electron chi connectivity index (χ0n) is 12.8. The van der Waals surface area contributed by atoms with Crippen LogP contribution in [0, 0.1) is 11.8 Å². The van der Waals surface area contributed by atoms with E-state index in [0.717, 1.165) is 19.5 Å². The summed E-state index contributed by atoms with van der Waals surface area (Å²) < 4.78 is 5.49. The van der Waals surface area contributed by atoms with Crippen molar-refractivity contribution in [3.63, 3.8) is 0 Å². The molecule has 22 heavy (non-hydrogen) atoms. The first-order chi connectivity index (χ1) is 10.4. The summed E-state index contributed by atoms with van der Waals surface area (Å²) in [5.74, 6) is 0.514. The molecule has 2 N–H and O–H groups in total. The number of amides is 2. The van der Waals surface area contributed by atoms with Crippen molar-refractivity contribution in [1.82, 2.24) is 4.90 Å². The van der Waals surface area contributed by atoms with E-state index >= 15 is 0 Å². The van der Waals surface area contributed by atoms with Crippen LogP contribution in [0.1, 0.15) is 30.6 Å². The maximum absolute atomic E-state index is 12.3. The second-order valence-corrected chi connectivity index (χ2v) is 6.47. The van der Waals surface area contributed by atoms with E-state index in [4.69, 9.17) is 22.1 Å². The van der Waals surface area contributed by atoms with Crippen molar-refractivity contribution in [3.05, 3.63) is 28.8 Å². The Morgan fingerprint density at radius 3 is 2.55 bits per heavy atom. The molecule has 1 aromatic carbocycles. The van der Waals surface area contributed by atoms with Crippen LogP contribution < -0.4 is 10.5 Å². The van der Waals surface area contributed by atoms with Gasteiger partial charge in [-0.15, -0.1) is 0 Å². The number of carbonyl (C=O) groups is 2. The molecule has 5 nitrogen and oxygen atoms in total. The molecule has 1 heterocycles. The standard InChI is InChI=1S/C16H21ClN2O3/c1-10-5-11(2)8-19(7-10)15(20)9-22-14-6-12(17)3-4-13(14)16(18)21/h3-4,6,10-11H,5,7-9H2,1-2H3,(H2,18,21)/t10-,11-/m1/s1. The number of nitrogens with zero attached hydrogens (tertiary/aromatic N) is 1. The number of hydrogen-bond acceptors (Lipinski definition) is 3. The molecule has 120 valence electrons. The molecule has 0 bridgehead atoms. The Balaban J connectivity index is 2.02. The molecule has 1 aliphatic rings. The lowest BCUT2D eigenvalue weighted by molar-refractivity contribution is -0.136. The largest absolute Gasteiger partial charge is 0.483 e. The van der Waals surface area contributed by atoms with E-state index < -0.39 is 5.91 Å². The van der Waals surface area contributed by atoms with Crippen molar-refractivity contribution in [2.24, 2.45) is 17.6 Å².